The second-order valence-electron chi connectivity index (χ2n) is 3.99. The molecule has 0 aliphatic heterocycles. The van der Waals surface area contributed by atoms with Crippen molar-refractivity contribution in [3.8, 4) is 0 Å². The summed E-state index contributed by atoms with van der Waals surface area (Å²) in [6, 6.07) is 0. The van der Waals surface area contributed by atoms with Crippen molar-refractivity contribution >= 4 is 22.0 Å². The van der Waals surface area contributed by atoms with Crippen LogP contribution in [0, 0.1) is 0 Å². The van der Waals surface area contributed by atoms with Gasteiger partial charge in [-0.2, -0.15) is 0 Å². The first-order chi connectivity index (χ1) is 5.41. The average Bonchev–Trinajstić information content (AvgIpc) is 1.92. The van der Waals surface area contributed by atoms with Crippen LogP contribution < -0.4 is 9.27 Å². The third-order valence-electron chi connectivity index (χ3n) is 1.81. The third kappa shape index (κ3) is 2.09. The predicted octanol–water partition coefficient (Wildman–Crippen LogP) is 0.325. The van der Waals surface area contributed by atoms with Crippen molar-refractivity contribution in [2.45, 2.75) is 14.8 Å². The molecule has 1 aromatic rings. The summed E-state index contributed by atoms with van der Waals surface area (Å²) < 4.78 is 2.84. The monoisotopic (exact) mass is 274 g/mol. The Morgan fingerprint density at radius 2 is 2.00 bits per heavy atom. The van der Waals surface area contributed by atoms with Gasteiger partial charge in [-0.3, -0.25) is 0 Å². The van der Waals surface area contributed by atoms with Gasteiger partial charge in [0.2, 0.25) is 0 Å². The fraction of sp³-hybridized carbons (Fsp3) is 0.500. The van der Waals surface area contributed by atoms with Crippen molar-refractivity contribution in [1.29, 1.82) is 0 Å². The topological polar surface area (TPSA) is 34.9 Å². The van der Waals surface area contributed by atoms with Crippen LogP contribution in [0.3, 0.4) is 0 Å². The summed E-state index contributed by atoms with van der Waals surface area (Å²) in [4.78, 5) is 21.7. The molecule has 0 radical (unpaired) electrons. The molecule has 1 aromatic heterocycles. The summed E-state index contributed by atoms with van der Waals surface area (Å²) in [6.07, 6.45) is 3.66. The van der Waals surface area contributed by atoms with Gasteiger partial charge in [-0.15, -0.1) is 0 Å². The van der Waals surface area contributed by atoms with Crippen molar-refractivity contribution in [1.82, 2.24) is 9.55 Å². The quantitative estimate of drug-likeness (QED) is 0.691. The molecule has 0 saturated heterocycles. The van der Waals surface area contributed by atoms with Crippen molar-refractivity contribution < 1.29 is 0 Å². The summed E-state index contributed by atoms with van der Waals surface area (Å²) in [7, 11) is 1.75. The van der Waals surface area contributed by atoms with Gasteiger partial charge in [0.1, 0.15) is 0 Å². The van der Waals surface area contributed by atoms with Crippen LogP contribution in [0.5, 0.6) is 0 Å². The van der Waals surface area contributed by atoms with E-state index in [1.165, 1.54) is 3.58 Å². The molecule has 0 unspecified atom stereocenters. The summed E-state index contributed by atoms with van der Waals surface area (Å²) in [5, 5.41) is 0. The van der Waals surface area contributed by atoms with Crippen LogP contribution in [0.15, 0.2) is 17.2 Å². The molecular weight excluding hydrogens is 259 g/mol. The molecule has 0 aliphatic carbocycles. The van der Waals surface area contributed by atoms with Crippen molar-refractivity contribution in [2.24, 2.45) is 7.05 Å². The van der Waals surface area contributed by atoms with Gasteiger partial charge < -0.3 is 0 Å². The van der Waals surface area contributed by atoms with E-state index in [1.54, 1.807) is 17.8 Å². The summed E-state index contributed by atoms with van der Waals surface area (Å²) in [5.74, 6) is 0. The van der Waals surface area contributed by atoms with Crippen molar-refractivity contribution in [3.05, 3.63) is 22.9 Å². The van der Waals surface area contributed by atoms with Crippen LogP contribution >= 0.6 is 0 Å². The van der Waals surface area contributed by atoms with Crippen molar-refractivity contribution in [3.63, 3.8) is 0 Å². The SMILES string of the molecule is Cn1c[c]([Sn]([CH3])([CH3])[CH3])cnc1=O. The second-order valence-corrected chi connectivity index (χ2v) is 18.5. The van der Waals surface area contributed by atoms with Gasteiger partial charge in [-0.1, -0.05) is 0 Å². The summed E-state index contributed by atoms with van der Waals surface area (Å²) in [5.41, 5.74) is -0.172. The standard InChI is InChI=1S/C5H5N2O.3CH3.Sn/c1-7-4-2-3-6-5(7)8;;;;/h3-4H,1H3;3*1H3;. The summed E-state index contributed by atoms with van der Waals surface area (Å²) >= 11 is -2.01. The zero-order valence-electron chi connectivity index (χ0n) is 7.96. The van der Waals surface area contributed by atoms with Gasteiger partial charge in [0.15, 0.2) is 0 Å². The van der Waals surface area contributed by atoms with Gasteiger partial charge in [0.05, 0.1) is 0 Å². The predicted molar refractivity (Wildman–Crippen MR) is 52.5 cm³/mol. The Morgan fingerprint density at radius 1 is 1.42 bits per heavy atom. The number of aromatic nitrogens is 2. The molecule has 66 valence electrons. The normalized spacial score (nSPS) is 11.7. The van der Waals surface area contributed by atoms with Crippen LogP contribution in [-0.2, 0) is 7.05 Å². The van der Waals surface area contributed by atoms with Gasteiger partial charge in [-0.25, -0.2) is 0 Å². The molecule has 0 fully saturated rings. The van der Waals surface area contributed by atoms with E-state index in [0.29, 0.717) is 0 Å². The Hall–Kier alpha value is -0.321. The van der Waals surface area contributed by atoms with E-state index in [9.17, 15) is 4.79 Å². The Bertz CT molecular complexity index is 338. The Kier molecular flexibility index (Phi) is 2.60. The Morgan fingerprint density at radius 3 is 2.42 bits per heavy atom. The number of aryl methyl sites for hydroxylation is 1. The number of nitrogens with zero attached hydrogens (tertiary/aromatic N) is 2. The first kappa shape index (κ1) is 9.76. The fourth-order valence-corrected chi connectivity index (χ4v) is 3.85. The van der Waals surface area contributed by atoms with Crippen LogP contribution in [0.25, 0.3) is 0 Å². The molecule has 4 heteroatoms. The molecule has 0 bridgehead atoms. The van der Waals surface area contributed by atoms with Crippen LogP contribution in [-0.4, -0.2) is 27.9 Å². The number of rotatable bonds is 1. The molecule has 3 nitrogen and oxygen atoms in total. The van der Waals surface area contributed by atoms with E-state index in [1.807, 2.05) is 6.20 Å². The van der Waals surface area contributed by atoms with Crippen LogP contribution in [0.4, 0.5) is 0 Å². The first-order valence-corrected chi connectivity index (χ1v) is 13.9. The Labute approximate surface area is 76.3 Å². The molecule has 1 heterocycles. The van der Waals surface area contributed by atoms with E-state index in [0.717, 1.165) is 0 Å². The minimum atomic E-state index is -2.01. The molecule has 0 saturated carbocycles. The van der Waals surface area contributed by atoms with Gasteiger partial charge in [-0.05, 0) is 0 Å². The van der Waals surface area contributed by atoms with Gasteiger partial charge in [0, 0.05) is 0 Å². The molecule has 0 aliphatic rings. The van der Waals surface area contributed by atoms with E-state index in [4.69, 9.17) is 0 Å². The number of hydrogen-bond acceptors (Lipinski definition) is 2. The zero-order valence-corrected chi connectivity index (χ0v) is 10.8. The van der Waals surface area contributed by atoms with Crippen molar-refractivity contribution in [2.75, 3.05) is 0 Å². The second kappa shape index (κ2) is 3.20. The minimum absolute atomic E-state index is 0.172. The summed E-state index contributed by atoms with van der Waals surface area (Å²) in [6.45, 7) is 0. The Balaban J connectivity index is 3.23. The molecule has 1 rings (SSSR count). The zero-order chi connectivity index (χ0) is 9.35. The molecular formula is C8H14N2OSn. The van der Waals surface area contributed by atoms with Crippen LogP contribution in [0.1, 0.15) is 0 Å². The van der Waals surface area contributed by atoms with Crippen LogP contribution in [0.2, 0.25) is 14.8 Å². The molecule has 0 spiro atoms. The number of hydrogen-bond donors (Lipinski definition) is 0. The molecule has 0 aromatic carbocycles. The molecule has 0 atom stereocenters. The maximum atomic E-state index is 11.0. The fourth-order valence-electron chi connectivity index (χ4n) is 0.900. The molecule has 12 heavy (non-hydrogen) atoms. The van der Waals surface area contributed by atoms with E-state index >= 15 is 0 Å². The van der Waals surface area contributed by atoms with E-state index in [2.05, 4.69) is 19.8 Å². The third-order valence-corrected chi connectivity index (χ3v) is 7.49. The van der Waals surface area contributed by atoms with Gasteiger partial charge in [0.25, 0.3) is 0 Å². The molecule has 0 N–H and O–H groups in total. The maximum absolute atomic E-state index is 11.0. The first-order valence-electron chi connectivity index (χ1n) is 3.94. The van der Waals surface area contributed by atoms with E-state index in [-0.39, 0.29) is 5.69 Å². The average molecular weight is 273 g/mol. The molecule has 0 amide bonds. The van der Waals surface area contributed by atoms with Gasteiger partial charge >= 0.3 is 76.3 Å². The van der Waals surface area contributed by atoms with E-state index < -0.39 is 18.4 Å².